The van der Waals surface area contributed by atoms with Crippen molar-refractivity contribution in [3.63, 3.8) is 0 Å². The van der Waals surface area contributed by atoms with Gasteiger partial charge < -0.3 is 25.7 Å². The van der Waals surface area contributed by atoms with Gasteiger partial charge in [-0.3, -0.25) is 4.79 Å². The third kappa shape index (κ3) is 33.2. The van der Waals surface area contributed by atoms with Gasteiger partial charge in [0.2, 0.25) is 5.91 Å². The summed E-state index contributed by atoms with van der Waals surface area (Å²) >= 11 is 0. The van der Waals surface area contributed by atoms with Crippen molar-refractivity contribution in [1.82, 2.24) is 5.32 Å². The number of hydrogen-bond donors (Lipinski definition) is 5. The first-order chi connectivity index (χ1) is 24.5. The second-order valence-corrected chi connectivity index (χ2v) is 15.8. The quantitative estimate of drug-likeness (QED) is 0.0406. The van der Waals surface area contributed by atoms with E-state index in [4.69, 9.17) is 0 Å². The summed E-state index contributed by atoms with van der Waals surface area (Å²) in [5, 5.41) is 43.5. The van der Waals surface area contributed by atoms with Crippen LogP contribution in [0.5, 0.6) is 0 Å². The lowest BCUT2D eigenvalue weighted by Crippen LogP contribution is -2.53. The van der Waals surface area contributed by atoms with Crippen LogP contribution in [0.3, 0.4) is 0 Å². The van der Waals surface area contributed by atoms with Gasteiger partial charge in [0, 0.05) is 0 Å². The fourth-order valence-electron chi connectivity index (χ4n) is 7.23. The molecule has 6 heteroatoms. The molecule has 0 bridgehead atoms. The molecule has 0 rings (SSSR count). The molecule has 5 N–H and O–H groups in total. The summed E-state index contributed by atoms with van der Waals surface area (Å²) in [4.78, 5) is 12.5. The SMILES string of the molecule is CCCCCCCCCCCCCCCCCCCCCCCCCCCC(O)C(=O)NC(CO)C(O)C(O)CCCCCCCCCCC. The van der Waals surface area contributed by atoms with Crippen molar-refractivity contribution < 1.29 is 25.2 Å². The molecule has 0 aliphatic heterocycles. The van der Waals surface area contributed by atoms with Crippen LogP contribution in [0, 0.1) is 0 Å². The van der Waals surface area contributed by atoms with E-state index in [0.29, 0.717) is 12.8 Å². The Balaban J connectivity index is 3.58. The average molecular weight is 712 g/mol. The van der Waals surface area contributed by atoms with Gasteiger partial charge in [-0.15, -0.1) is 0 Å². The number of aliphatic hydroxyl groups excluding tert-OH is 4. The molecule has 0 spiro atoms. The van der Waals surface area contributed by atoms with Crippen LogP contribution >= 0.6 is 0 Å². The lowest BCUT2D eigenvalue weighted by molar-refractivity contribution is -0.132. The zero-order chi connectivity index (χ0) is 36.8. The largest absolute Gasteiger partial charge is 0.394 e. The van der Waals surface area contributed by atoms with Crippen LogP contribution in [0.4, 0.5) is 0 Å². The van der Waals surface area contributed by atoms with E-state index in [0.717, 1.165) is 38.5 Å². The number of hydrogen-bond acceptors (Lipinski definition) is 5. The minimum absolute atomic E-state index is 0.375. The van der Waals surface area contributed by atoms with Crippen LogP contribution < -0.4 is 5.32 Å². The standard InChI is InChI=1S/C44H89NO5/c1-3-5-7-9-11-13-14-15-16-17-18-19-20-21-22-23-24-25-26-27-28-30-32-34-36-38-42(48)44(50)45-40(39-46)43(49)41(47)37-35-33-31-29-12-10-8-6-4-2/h40-43,46-49H,3-39H2,1-2H3,(H,45,50). The molecular weight excluding hydrogens is 622 g/mol. The molecule has 0 heterocycles. The van der Waals surface area contributed by atoms with E-state index in [-0.39, 0.29) is 0 Å². The van der Waals surface area contributed by atoms with Gasteiger partial charge in [-0.2, -0.15) is 0 Å². The summed E-state index contributed by atoms with van der Waals surface area (Å²) in [5.74, 6) is -0.581. The average Bonchev–Trinajstić information content (AvgIpc) is 3.12. The van der Waals surface area contributed by atoms with Crippen LogP contribution in [0.25, 0.3) is 0 Å². The van der Waals surface area contributed by atoms with Crippen molar-refractivity contribution >= 4 is 5.91 Å². The van der Waals surface area contributed by atoms with Gasteiger partial charge in [-0.1, -0.05) is 232 Å². The molecule has 6 nitrogen and oxygen atoms in total. The first-order valence-corrected chi connectivity index (χ1v) is 22.4. The summed E-state index contributed by atoms with van der Waals surface area (Å²) in [5.41, 5.74) is 0. The minimum Gasteiger partial charge on any atom is -0.394 e. The van der Waals surface area contributed by atoms with E-state index >= 15 is 0 Å². The van der Waals surface area contributed by atoms with E-state index in [2.05, 4.69) is 19.2 Å². The Morgan fingerprint density at radius 3 is 0.960 bits per heavy atom. The van der Waals surface area contributed by atoms with Gasteiger partial charge in [0.25, 0.3) is 0 Å². The van der Waals surface area contributed by atoms with Crippen molar-refractivity contribution in [2.24, 2.45) is 0 Å². The highest BCUT2D eigenvalue weighted by Gasteiger charge is 2.28. The minimum atomic E-state index is -1.25. The van der Waals surface area contributed by atoms with Gasteiger partial charge in [-0.25, -0.2) is 0 Å². The number of unbranched alkanes of at least 4 members (excludes halogenated alkanes) is 32. The Morgan fingerprint density at radius 2 is 0.680 bits per heavy atom. The molecule has 0 saturated heterocycles. The van der Waals surface area contributed by atoms with Crippen LogP contribution in [0.2, 0.25) is 0 Å². The van der Waals surface area contributed by atoms with Crippen molar-refractivity contribution in [3.8, 4) is 0 Å². The number of carbonyl (C=O) groups is 1. The molecule has 4 unspecified atom stereocenters. The normalized spacial score (nSPS) is 14.1. The molecule has 0 aromatic heterocycles. The van der Waals surface area contributed by atoms with E-state index in [1.165, 1.54) is 180 Å². The van der Waals surface area contributed by atoms with Crippen LogP contribution in [0.15, 0.2) is 0 Å². The summed E-state index contributed by atoms with van der Waals surface area (Å²) in [6, 6.07) is -0.977. The van der Waals surface area contributed by atoms with E-state index in [9.17, 15) is 25.2 Å². The molecule has 0 saturated carbocycles. The van der Waals surface area contributed by atoms with Crippen LogP contribution in [-0.2, 0) is 4.79 Å². The molecule has 50 heavy (non-hydrogen) atoms. The van der Waals surface area contributed by atoms with E-state index in [1.807, 2.05) is 0 Å². The Bertz CT molecular complexity index is 677. The maximum atomic E-state index is 12.5. The Labute approximate surface area is 311 Å². The fraction of sp³-hybridized carbons (Fsp3) is 0.977. The molecule has 4 atom stereocenters. The lowest BCUT2D eigenvalue weighted by Gasteiger charge is -2.27. The lowest BCUT2D eigenvalue weighted by atomic mass is 9.99. The number of carbonyl (C=O) groups excluding carboxylic acids is 1. The number of amides is 1. The Hall–Kier alpha value is -0.690. The Kier molecular flexibility index (Phi) is 39.0. The molecular formula is C44H89NO5. The van der Waals surface area contributed by atoms with E-state index < -0.39 is 36.9 Å². The molecule has 0 aliphatic carbocycles. The highest BCUT2D eigenvalue weighted by molar-refractivity contribution is 5.80. The van der Waals surface area contributed by atoms with Gasteiger partial charge in [-0.05, 0) is 12.8 Å². The zero-order valence-electron chi connectivity index (χ0n) is 33.7. The fourth-order valence-corrected chi connectivity index (χ4v) is 7.23. The first-order valence-electron chi connectivity index (χ1n) is 22.4. The highest BCUT2D eigenvalue weighted by atomic mass is 16.3. The smallest absolute Gasteiger partial charge is 0.249 e. The molecule has 0 aromatic rings. The van der Waals surface area contributed by atoms with E-state index in [1.54, 1.807) is 0 Å². The third-order valence-corrected chi connectivity index (χ3v) is 10.8. The van der Waals surface area contributed by atoms with Crippen molar-refractivity contribution in [2.75, 3.05) is 6.61 Å². The number of aliphatic hydroxyl groups is 4. The molecule has 300 valence electrons. The number of rotatable bonds is 41. The zero-order valence-corrected chi connectivity index (χ0v) is 33.7. The maximum Gasteiger partial charge on any atom is 0.249 e. The topological polar surface area (TPSA) is 110 Å². The monoisotopic (exact) mass is 712 g/mol. The Morgan fingerprint density at radius 1 is 0.420 bits per heavy atom. The second kappa shape index (κ2) is 39.5. The van der Waals surface area contributed by atoms with Crippen molar-refractivity contribution in [3.05, 3.63) is 0 Å². The maximum absolute atomic E-state index is 12.5. The first kappa shape index (κ1) is 49.3. The molecule has 1 amide bonds. The van der Waals surface area contributed by atoms with Crippen LogP contribution in [-0.4, -0.2) is 57.3 Å². The molecule has 0 aliphatic rings. The molecule has 0 aromatic carbocycles. The van der Waals surface area contributed by atoms with Gasteiger partial charge in [0.1, 0.15) is 12.2 Å². The summed E-state index contributed by atoms with van der Waals surface area (Å²) in [6.07, 6.45) is 41.6. The highest BCUT2D eigenvalue weighted by Crippen LogP contribution is 2.17. The summed E-state index contributed by atoms with van der Waals surface area (Å²) in [6.45, 7) is 4.03. The third-order valence-electron chi connectivity index (χ3n) is 10.8. The predicted molar refractivity (Wildman–Crippen MR) is 215 cm³/mol. The second-order valence-electron chi connectivity index (χ2n) is 15.8. The molecule has 0 radical (unpaired) electrons. The summed E-state index contributed by atoms with van der Waals surface area (Å²) in [7, 11) is 0. The van der Waals surface area contributed by atoms with Gasteiger partial charge in [0.15, 0.2) is 0 Å². The van der Waals surface area contributed by atoms with Gasteiger partial charge >= 0.3 is 0 Å². The molecule has 0 fully saturated rings. The summed E-state index contributed by atoms with van der Waals surface area (Å²) < 4.78 is 0. The predicted octanol–water partition coefficient (Wildman–Crippen LogP) is 11.6. The van der Waals surface area contributed by atoms with Crippen molar-refractivity contribution in [1.29, 1.82) is 0 Å². The van der Waals surface area contributed by atoms with Gasteiger partial charge in [0.05, 0.1) is 18.8 Å². The number of nitrogens with one attached hydrogen (secondary N) is 1. The van der Waals surface area contributed by atoms with Crippen LogP contribution in [0.1, 0.15) is 245 Å². The van der Waals surface area contributed by atoms with Crippen molar-refractivity contribution in [2.45, 2.75) is 269 Å².